The van der Waals surface area contributed by atoms with Crippen LogP contribution in [0.5, 0.6) is 23.0 Å². The SMILES string of the molecule is c1ccc(-c2ccccc2-c2ccc(-c3ccc4c(c3)Oc3cccc5c3N4c3ccc(-c4ccc(-c6ccccc6-c6ccccc6)cc4)cc3O5)cc2)cc1. The van der Waals surface area contributed by atoms with Crippen molar-refractivity contribution in [3.8, 4) is 89.8 Å². The summed E-state index contributed by atoms with van der Waals surface area (Å²) in [5.41, 5.74) is 17.0. The van der Waals surface area contributed by atoms with Crippen LogP contribution in [0.15, 0.2) is 212 Å². The lowest BCUT2D eigenvalue weighted by Crippen LogP contribution is -2.20. The molecule has 9 aromatic carbocycles. The molecule has 11 rings (SSSR count). The second-order valence-corrected chi connectivity index (χ2v) is 14.5. The first-order valence-electron chi connectivity index (χ1n) is 19.3. The highest BCUT2D eigenvalue weighted by Crippen LogP contribution is 2.60. The fourth-order valence-electron chi connectivity index (χ4n) is 8.31. The van der Waals surface area contributed by atoms with E-state index in [0.29, 0.717) is 0 Å². The molecule has 0 fully saturated rings. The van der Waals surface area contributed by atoms with Gasteiger partial charge in [-0.3, -0.25) is 4.90 Å². The Labute approximate surface area is 332 Å². The van der Waals surface area contributed by atoms with E-state index in [1.807, 2.05) is 18.2 Å². The Bertz CT molecular complexity index is 2740. The van der Waals surface area contributed by atoms with Crippen molar-refractivity contribution in [3.05, 3.63) is 212 Å². The topological polar surface area (TPSA) is 21.7 Å². The molecule has 0 atom stereocenters. The molecule has 0 amide bonds. The van der Waals surface area contributed by atoms with E-state index in [0.717, 1.165) is 62.3 Å². The van der Waals surface area contributed by atoms with Gasteiger partial charge in [0.2, 0.25) is 0 Å². The van der Waals surface area contributed by atoms with E-state index in [9.17, 15) is 0 Å². The van der Waals surface area contributed by atoms with E-state index < -0.39 is 0 Å². The van der Waals surface area contributed by atoms with Gasteiger partial charge in [-0.05, 0) is 103 Å². The predicted molar refractivity (Wildman–Crippen MR) is 234 cm³/mol. The number of nitrogens with zero attached hydrogens (tertiary/aromatic N) is 1. The molecule has 3 heteroatoms. The maximum atomic E-state index is 6.61. The Morgan fingerprint density at radius 1 is 0.246 bits per heavy atom. The molecule has 0 bridgehead atoms. The van der Waals surface area contributed by atoms with E-state index in [-0.39, 0.29) is 0 Å². The molecule has 9 aromatic rings. The minimum Gasteiger partial charge on any atom is -0.453 e. The van der Waals surface area contributed by atoms with Crippen molar-refractivity contribution < 1.29 is 9.47 Å². The molecule has 0 radical (unpaired) electrons. The Morgan fingerprint density at radius 3 is 0.982 bits per heavy atom. The molecule has 2 heterocycles. The normalized spacial score (nSPS) is 12.1. The van der Waals surface area contributed by atoms with Crippen LogP contribution >= 0.6 is 0 Å². The summed E-state index contributed by atoms with van der Waals surface area (Å²) in [4.78, 5) is 2.28. The van der Waals surface area contributed by atoms with Gasteiger partial charge in [0.25, 0.3) is 0 Å². The molecule has 2 aliphatic rings. The Balaban J connectivity index is 0.907. The quantitative estimate of drug-likeness (QED) is 0.170. The monoisotopic (exact) mass is 729 g/mol. The first-order chi connectivity index (χ1) is 28.2. The van der Waals surface area contributed by atoms with Crippen molar-refractivity contribution in [2.45, 2.75) is 0 Å². The minimum atomic E-state index is 0.770. The molecular formula is C54H35NO2. The Hall–Kier alpha value is -7.62. The Kier molecular flexibility index (Phi) is 7.82. The van der Waals surface area contributed by atoms with E-state index in [1.165, 1.54) is 44.5 Å². The molecule has 3 nitrogen and oxygen atoms in total. The fraction of sp³-hybridized carbons (Fsp3) is 0. The van der Waals surface area contributed by atoms with Crippen LogP contribution in [0, 0.1) is 0 Å². The van der Waals surface area contributed by atoms with Gasteiger partial charge in [-0.25, -0.2) is 0 Å². The largest absolute Gasteiger partial charge is 0.453 e. The van der Waals surface area contributed by atoms with Crippen molar-refractivity contribution in [3.63, 3.8) is 0 Å². The maximum absolute atomic E-state index is 6.61. The van der Waals surface area contributed by atoms with Crippen molar-refractivity contribution in [2.75, 3.05) is 4.90 Å². The average molecular weight is 730 g/mol. The zero-order valence-electron chi connectivity index (χ0n) is 31.0. The molecule has 57 heavy (non-hydrogen) atoms. The first-order valence-corrected chi connectivity index (χ1v) is 19.3. The zero-order chi connectivity index (χ0) is 37.7. The number of hydrogen-bond acceptors (Lipinski definition) is 3. The molecule has 0 spiro atoms. The zero-order valence-corrected chi connectivity index (χ0v) is 31.0. The van der Waals surface area contributed by atoms with Crippen molar-refractivity contribution in [1.82, 2.24) is 0 Å². The third-order valence-electron chi connectivity index (χ3n) is 11.1. The van der Waals surface area contributed by atoms with Crippen molar-refractivity contribution in [1.29, 1.82) is 0 Å². The maximum Gasteiger partial charge on any atom is 0.155 e. The van der Waals surface area contributed by atoms with Crippen LogP contribution in [0.25, 0.3) is 66.8 Å². The lowest BCUT2D eigenvalue weighted by Gasteiger charge is -2.38. The van der Waals surface area contributed by atoms with E-state index >= 15 is 0 Å². The summed E-state index contributed by atoms with van der Waals surface area (Å²) >= 11 is 0. The highest BCUT2D eigenvalue weighted by molar-refractivity contribution is 5.95. The van der Waals surface area contributed by atoms with E-state index in [1.54, 1.807) is 0 Å². The van der Waals surface area contributed by atoms with Crippen LogP contribution in [0.2, 0.25) is 0 Å². The highest BCUT2D eigenvalue weighted by atomic mass is 16.5. The van der Waals surface area contributed by atoms with Crippen LogP contribution in [0.1, 0.15) is 0 Å². The van der Waals surface area contributed by atoms with Gasteiger partial charge in [0.15, 0.2) is 23.0 Å². The summed E-state index contributed by atoms with van der Waals surface area (Å²) in [7, 11) is 0. The van der Waals surface area contributed by atoms with Gasteiger partial charge in [0.1, 0.15) is 5.69 Å². The number of rotatable bonds is 6. The number of hydrogen-bond donors (Lipinski definition) is 0. The standard InChI is InChI=1S/C54H35NO2/c1-3-12-38(13-4-1)44-16-7-9-18-46(44)40-26-22-36(23-27-40)42-30-32-48-52(34-42)56-50-20-11-21-51-54(50)55(48)49-33-31-43(35-53(49)57-51)37-24-28-41(29-25-37)47-19-10-8-17-45(47)39-14-5-2-6-15-39/h1-35H. The fourth-order valence-corrected chi connectivity index (χ4v) is 8.31. The second-order valence-electron chi connectivity index (χ2n) is 14.5. The molecule has 268 valence electrons. The Morgan fingerprint density at radius 2 is 0.579 bits per heavy atom. The summed E-state index contributed by atoms with van der Waals surface area (Å²) in [6.07, 6.45) is 0. The summed E-state index contributed by atoms with van der Waals surface area (Å²) in [5, 5.41) is 0. The van der Waals surface area contributed by atoms with Gasteiger partial charge in [0, 0.05) is 0 Å². The third kappa shape index (κ3) is 5.76. The smallest absolute Gasteiger partial charge is 0.155 e. The van der Waals surface area contributed by atoms with Gasteiger partial charge in [-0.2, -0.15) is 0 Å². The highest BCUT2D eigenvalue weighted by Gasteiger charge is 2.34. The number of benzene rings is 9. The molecule has 0 saturated carbocycles. The molecule has 0 aliphatic carbocycles. The number of anilines is 3. The van der Waals surface area contributed by atoms with Gasteiger partial charge in [0.05, 0.1) is 11.4 Å². The summed E-state index contributed by atoms with van der Waals surface area (Å²) < 4.78 is 13.2. The van der Waals surface area contributed by atoms with Crippen LogP contribution in [-0.2, 0) is 0 Å². The predicted octanol–water partition coefficient (Wildman–Crippen LogP) is 15.4. The van der Waals surface area contributed by atoms with Crippen molar-refractivity contribution in [2.24, 2.45) is 0 Å². The van der Waals surface area contributed by atoms with E-state index in [2.05, 4.69) is 199 Å². The summed E-state index contributed by atoms with van der Waals surface area (Å²) in [6, 6.07) is 75.0. The van der Waals surface area contributed by atoms with Crippen LogP contribution in [-0.4, -0.2) is 0 Å². The van der Waals surface area contributed by atoms with Crippen LogP contribution in [0.4, 0.5) is 17.1 Å². The number of fused-ring (bicyclic) bond motifs is 4. The van der Waals surface area contributed by atoms with Crippen LogP contribution in [0.3, 0.4) is 0 Å². The van der Waals surface area contributed by atoms with Gasteiger partial charge in [-0.1, -0.05) is 176 Å². The van der Waals surface area contributed by atoms with Gasteiger partial charge >= 0.3 is 0 Å². The number of ether oxygens (including phenoxy) is 2. The van der Waals surface area contributed by atoms with Crippen LogP contribution < -0.4 is 14.4 Å². The molecule has 0 N–H and O–H groups in total. The van der Waals surface area contributed by atoms with Gasteiger partial charge in [-0.15, -0.1) is 0 Å². The molecule has 2 aliphatic heterocycles. The summed E-state index contributed by atoms with van der Waals surface area (Å²) in [6.45, 7) is 0. The molecule has 0 aromatic heterocycles. The average Bonchev–Trinajstić information content (AvgIpc) is 3.29. The van der Waals surface area contributed by atoms with Crippen molar-refractivity contribution >= 4 is 17.1 Å². The lowest BCUT2D eigenvalue weighted by atomic mass is 9.93. The first kappa shape index (κ1) is 32.8. The van der Waals surface area contributed by atoms with Gasteiger partial charge < -0.3 is 9.47 Å². The molecule has 0 unspecified atom stereocenters. The number of para-hydroxylation sites is 1. The molecule has 0 saturated heterocycles. The second kappa shape index (κ2) is 13.6. The third-order valence-corrected chi connectivity index (χ3v) is 11.1. The molecular weight excluding hydrogens is 695 g/mol. The minimum absolute atomic E-state index is 0.770. The lowest BCUT2D eigenvalue weighted by molar-refractivity contribution is 0.446. The van der Waals surface area contributed by atoms with E-state index in [4.69, 9.17) is 9.47 Å². The summed E-state index contributed by atoms with van der Waals surface area (Å²) in [5.74, 6) is 3.15.